The van der Waals surface area contributed by atoms with Crippen LogP contribution in [0, 0.1) is 0 Å². The molecule has 0 spiro atoms. The normalized spacial score (nSPS) is 10.4. The van der Waals surface area contributed by atoms with Crippen LogP contribution in [-0.2, 0) is 0 Å². The van der Waals surface area contributed by atoms with E-state index < -0.39 is 5.97 Å². The van der Waals surface area contributed by atoms with E-state index in [1.165, 1.54) is 24.0 Å². The summed E-state index contributed by atoms with van der Waals surface area (Å²) in [6.07, 6.45) is 1.25. The van der Waals surface area contributed by atoms with Gasteiger partial charge >= 0.3 is 5.97 Å². The molecule has 0 atom stereocenters. The highest BCUT2D eigenvalue weighted by Gasteiger charge is 2.12. The molecule has 0 saturated heterocycles. The SMILES string of the molecule is COc1ncnn2c(C(=O)O)ccc12. The third-order valence-electron chi connectivity index (χ3n) is 1.83. The summed E-state index contributed by atoms with van der Waals surface area (Å²) in [5, 5.41) is 12.6. The van der Waals surface area contributed by atoms with Gasteiger partial charge in [0.2, 0.25) is 5.88 Å². The van der Waals surface area contributed by atoms with Gasteiger partial charge < -0.3 is 9.84 Å². The third-order valence-corrected chi connectivity index (χ3v) is 1.83. The molecule has 2 aromatic rings. The highest BCUT2D eigenvalue weighted by molar-refractivity contribution is 5.87. The van der Waals surface area contributed by atoms with E-state index in [4.69, 9.17) is 9.84 Å². The lowest BCUT2D eigenvalue weighted by Crippen LogP contribution is -2.05. The Morgan fingerprint density at radius 3 is 3.00 bits per heavy atom. The van der Waals surface area contributed by atoms with Crippen LogP contribution in [0.1, 0.15) is 10.5 Å². The fourth-order valence-electron chi connectivity index (χ4n) is 1.23. The summed E-state index contributed by atoms with van der Waals surface area (Å²) in [5.74, 6) is -0.682. The van der Waals surface area contributed by atoms with E-state index in [-0.39, 0.29) is 5.69 Å². The van der Waals surface area contributed by atoms with Crippen LogP contribution in [0.3, 0.4) is 0 Å². The average molecular weight is 193 g/mol. The van der Waals surface area contributed by atoms with Crippen molar-refractivity contribution in [2.75, 3.05) is 7.11 Å². The zero-order chi connectivity index (χ0) is 10.1. The van der Waals surface area contributed by atoms with Crippen LogP contribution in [0.5, 0.6) is 5.88 Å². The number of aromatic carboxylic acids is 1. The first-order valence-corrected chi connectivity index (χ1v) is 3.84. The second-order valence-electron chi connectivity index (χ2n) is 2.59. The molecule has 0 aliphatic heterocycles. The molecule has 0 amide bonds. The first kappa shape index (κ1) is 8.49. The van der Waals surface area contributed by atoms with Gasteiger partial charge in [-0.3, -0.25) is 0 Å². The number of carboxylic acids is 1. The molecular formula is C8H7N3O3. The number of rotatable bonds is 2. The minimum Gasteiger partial charge on any atom is -0.479 e. The lowest BCUT2D eigenvalue weighted by molar-refractivity contribution is 0.0688. The molecule has 1 N–H and O–H groups in total. The topological polar surface area (TPSA) is 76.7 Å². The Bertz CT molecular complexity index is 492. The van der Waals surface area contributed by atoms with Crippen LogP contribution >= 0.6 is 0 Å². The maximum absolute atomic E-state index is 10.8. The Morgan fingerprint density at radius 2 is 2.36 bits per heavy atom. The van der Waals surface area contributed by atoms with Crippen LogP contribution in [0.2, 0.25) is 0 Å². The number of carbonyl (C=O) groups is 1. The smallest absolute Gasteiger partial charge is 0.354 e. The summed E-state index contributed by atoms with van der Waals surface area (Å²) < 4.78 is 6.23. The molecule has 0 aliphatic rings. The van der Waals surface area contributed by atoms with E-state index in [1.807, 2.05) is 0 Å². The van der Waals surface area contributed by atoms with Gasteiger partial charge in [0, 0.05) is 0 Å². The largest absolute Gasteiger partial charge is 0.479 e. The lowest BCUT2D eigenvalue weighted by Gasteiger charge is -2.00. The molecule has 0 fully saturated rings. The van der Waals surface area contributed by atoms with Crippen LogP contribution in [0.15, 0.2) is 18.5 Å². The molecule has 0 saturated carbocycles. The van der Waals surface area contributed by atoms with E-state index in [1.54, 1.807) is 6.07 Å². The second kappa shape index (κ2) is 2.99. The van der Waals surface area contributed by atoms with Crippen LogP contribution in [0.25, 0.3) is 5.52 Å². The Morgan fingerprint density at radius 1 is 1.57 bits per heavy atom. The van der Waals surface area contributed by atoms with Gasteiger partial charge in [-0.1, -0.05) is 0 Å². The number of ether oxygens (including phenoxy) is 1. The van der Waals surface area contributed by atoms with Gasteiger partial charge in [0.1, 0.15) is 11.8 Å². The fourth-order valence-corrected chi connectivity index (χ4v) is 1.23. The fraction of sp³-hybridized carbons (Fsp3) is 0.125. The molecule has 0 aromatic carbocycles. The molecule has 0 radical (unpaired) electrons. The Labute approximate surface area is 78.8 Å². The first-order valence-electron chi connectivity index (χ1n) is 3.84. The predicted molar refractivity (Wildman–Crippen MR) is 46.5 cm³/mol. The lowest BCUT2D eigenvalue weighted by atomic mass is 10.4. The van der Waals surface area contributed by atoms with Crippen molar-refractivity contribution in [1.29, 1.82) is 0 Å². The van der Waals surface area contributed by atoms with Crippen molar-refractivity contribution in [2.24, 2.45) is 0 Å². The molecule has 0 unspecified atom stereocenters. The summed E-state index contributed by atoms with van der Waals surface area (Å²) in [7, 11) is 1.47. The predicted octanol–water partition coefficient (Wildman–Crippen LogP) is 0.436. The summed E-state index contributed by atoms with van der Waals surface area (Å²) in [4.78, 5) is 14.6. The highest BCUT2D eigenvalue weighted by atomic mass is 16.5. The monoisotopic (exact) mass is 193 g/mol. The molecule has 2 rings (SSSR count). The Kier molecular flexibility index (Phi) is 1.81. The van der Waals surface area contributed by atoms with E-state index in [9.17, 15) is 4.79 Å². The molecule has 6 heteroatoms. The first-order chi connectivity index (χ1) is 6.74. The van der Waals surface area contributed by atoms with Crippen molar-refractivity contribution in [2.45, 2.75) is 0 Å². The van der Waals surface area contributed by atoms with Gasteiger partial charge in [-0.15, -0.1) is 0 Å². The minimum atomic E-state index is -1.04. The number of methoxy groups -OCH3 is 1. The highest BCUT2D eigenvalue weighted by Crippen LogP contribution is 2.17. The average Bonchev–Trinajstić information content (AvgIpc) is 2.60. The quantitative estimate of drug-likeness (QED) is 0.748. The number of hydrogen-bond acceptors (Lipinski definition) is 4. The molecule has 0 bridgehead atoms. The van der Waals surface area contributed by atoms with E-state index >= 15 is 0 Å². The molecule has 2 heterocycles. The third kappa shape index (κ3) is 1.08. The van der Waals surface area contributed by atoms with Crippen molar-refractivity contribution in [3.63, 3.8) is 0 Å². The number of carboxylic acid groups (broad SMARTS) is 1. The number of hydrogen-bond donors (Lipinski definition) is 1. The summed E-state index contributed by atoms with van der Waals surface area (Å²) in [6.45, 7) is 0. The van der Waals surface area contributed by atoms with Gasteiger partial charge in [0.25, 0.3) is 0 Å². The summed E-state index contributed by atoms with van der Waals surface area (Å²) in [5.41, 5.74) is 0.619. The number of aromatic nitrogens is 3. The molecular weight excluding hydrogens is 186 g/mol. The van der Waals surface area contributed by atoms with Crippen molar-refractivity contribution >= 4 is 11.5 Å². The summed E-state index contributed by atoms with van der Waals surface area (Å²) >= 11 is 0. The standard InChI is InChI=1S/C8H7N3O3/c1-14-7-5-2-3-6(8(12)13)11(5)10-4-9-7/h2-4H,1H3,(H,12,13). The van der Waals surface area contributed by atoms with Crippen LogP contribution in [-0.4, -0.2) is 32.8 Å². The number of nitrogens with zero attached hydrogens (tertiary/aromatic N) is 3. The van der Waals surface area contributed by atoms with Crippen molar-refractivity contribution < 1.29 is 14.6 Å². The van der Waals surface area contributed by atoms with Crippen LogP contribution in [0.4, 0.5) is 0 Å². The van der Waals surface area contributed by atoms with Crippen LogP contribution < -0.4 is 4.74 Å². The zero-order valence-corrected chi connectivity index (χ0v) is 7.34. The minimum absolute atomic E-state index is 0.0840. The van der Waals surface area contributed by atoms with Gasteiger partial charge in [-0.2, -0.15) is 10.1 Å². The molecule has 14 heavy (non-hydrogen) atoms. The van der Waals surface area contributed by atoms with E-state index in [2.05, 4.69) is 10.1 Å². The van der Waals surface area contributed by atoms with E-state index in [0.717, 1.165) is 0 Å². The van der Waals surface area contributed by atoms with Gasteiger partial charge in [0.15, 0.2) is 5.69 Å². The van der Waals surface area contributed by atoms with E-state index in [0.29, 0.717) is 11.4 Å². The Balaban J connectivity index is 2.75. The maximum Gasteiger partial charge on any atom is 0.354 e. The molecule has 72 valence electrons. The Hall–Kier alpha value is -2.11. The molecule has 2 aromatic heterocycles. The molecule has 0 aliphatic carbocycles. The summed E-state index contributed by atoms with van der Waals surface area (Å²) in [6, 6.07) is 3.05. The van der Waals surface area contributed by atoms with Gasteiger partial charge in [-0.25, -0.2) is 9.31 Å². The van der Waals surface area contributed by atoms with Crippen molar-refractivity contribution in [3.8, 4) is 5.88 Å². The van der Waals surface area contributed by atoms with Gasteiger partial charge in [0.05, 0.1) is 7.11 Å². The maximum atomic E-state index is 10.8. The van der Waals surface area contributed by atoms with Crippen molar-refractivity contribution in [3.05, 3.63) is 24.2 Å². The van der Waals surface area contributed by atoms with Crippen molar-refractivity contribution in [1.82, 2.24) is 14.6 Å². The van der Waals surface area contributed by atoms with Gasteiger partial charge in [-0.05, 0) is 12.1 Å². The number of fused-ring (bicyclic) bond motifs is 1. The zero-order valence-electron chi connectivity index (χ0n) is 7.34. The second-order valence-corrected chi connectivity index (χ2v) is 2.59. The molecule has 6 nitrogen and oxygen atoms in total.